The van der Waals surface area contributed by atoms with Crippen molar-refractivity contribution in [2.24, 2.45) is 0 Å². The predicted octanol–water partition coefficient (Wildman–Crippen LogP) is 3.39. The molecule has 19 heavy (non-hydrogen) atoms. The van der Waals surface area contributed by atoms with Crippen LogP contribution < -0.4 is 9.47 Å². The van der Waals surface area contributed by atoms with E-state index < -0.39 is 6.16 Å². The zero-order chi connectivity index (χ0) is 13.2. The summed E-state index contributed by atoms with van der Waals surface area (Å²) in [4.78, 5) is 11.3. The molecule has 0 saturated carbocycles. The Morgan fingerprint density at radius 3 is 2.84 bits per heavy atom. The molecule has 2 aromatic carbocycles. The molecule has 4 nitrogen and oxygen atoms in total. The minimum absolute atomic E-state index is 0.469. The molecule has 0 N–H and O–H groups in total. The zero-order valence-electron chi connectivity index (χ0n) is 10.4. The van der Waals surface area contributed by atoms with Gasteiger partial charge in [-0.3, -0.25) is 0 Å². The summed E-state index contributed by atoms with van der Waals surface area (Å²) in [6.07, 6.45) is 3.14. The first-order chi connectivity index (χ1) is 9.29. The highest BCUT2D eigenvalue weighted by Gasteiger charge is 2.16. The third kappa shape index (κ3) is 2.01. The van der Waals surface area contributed by atoms with Gasteiger partial charge in [-0.25, -0.2) is 4.79 Å². The van der Waals surface area contributed by atoms with Gasteiger partial charge in [-0.15, -0.1) is 0 Å². The molecule has 0 atom stereocenters. The number of hydrogen-bond donors (Lipinski definition) is 0. The van der Waals surface area contributed by atoms with Crippen LogP contribution in [0.1, 0.15) is 5.56 Å². The van der Waals surface area contributed by atoms with E-state index in [-0.39, 0.29) is 0 Å². The lowest BCUT2D eigenvalue weighted by atomic mass is 10.0. The molecular formula is C15H12O4. The Hall–Kier alpha value is -2.49. The molecule has 0 spiro atoms. The highest BCUT2D eigenvalue weighted by Crippen LogP contribution is 2.38. The molecule has 0 bridgehead atoms. The summed E-state index contributed by atoms with van der Waals surface area (Å²) < 4.78 is 15.4. The molecule has 0 radical (unpaired) electrons. The van der Waals surface area contributed by atoms with Crippen LogP contribution in [0.2, 0.25) is 0 Å². The lowest BCUT2D eigenvalue weighted by Gasteiger charge is -2.17. The minimum Gasteiger partial charge on any atom is -0.488 e. The van der Waals surface area contributed by atoms with Crippen LogP contribution >= 0.6 is 0 Å². The number of carbonyl (C=O) groups excluding carboxylic acids is 1. The number of carbonyl (C=O) groups is 1. The Balaban J connectivity index is 2.22. The molecule has 0 saturated heterocycles. The summed E-state index contributed by atoms with van der Waals surface area (Å²) in [5.41, 5.74) is 0.892. The Bertz CT molecular complexity index is 673. The van der Waals surface area contributed by atoms with Crippen LogP contribution in [-0.4, -0.2) is 19.9 Å². The predicted molar refractivity (Wildman–Crippen MR) is 71.5 cm³/mol. The Labute approximate surface area is 110 Å². The van der Waals surface area contributed by atoms with Crippen LogP contribution in [0.4, 0.5) is 4.79 Å². The summed E-state index contributed by atoms with van der Waals surface area (Å²) >= 11 is 0. The van der Waals surface area contributed by atoms with E-state index in [1.807, 2.05) is 36.4 Å². The van der Waals surface area contributed by atoms with Crippen LogP contribution in [0.3, 0.4) is 0 Å². The van der Waals surface area contributed by atoms with Gasteiger partial charge in [-0.05, 0) is 12.1 Å². The highest BCUT2D eigenvalue weighted by molar-refractivity contribution is 5.97. The fourth-order valence-electron chi connectivity index (χ4n) is 2.14. The minimum atomic E-state index is -0.731. The van der Waals surface area contributed by atoms with Gasteiger partial charge in [-0.1, -0.05) is 30.3 Å². The second-order valence-electron chi connectivity index (χ2n) is 4.11. The van der Waals surface area contributed by atoms with Crippen molar-refractivity contribution in [1.29, 1.82) is 0 Å². The van der Waals surface area contributed by atoms with Gasteiger partial charge in [0.2, 0.25) is 0 Å². The van der Waals surface area contributed by atoms with Gasteiger partial charge in [0.05, 0.1) is 7.11 Å². The molecule has 0 unspecified atom stereocenters. The first-order valence-electron chi connectivity index (χ1n) is 5.90. The average Bonchev–Trinajstić information content (AvgIpc) is 2.47. The van der Waals surface area contributed by atoms with Crippen molar-refractivity contribution in [3.63, 3.8) is 0 Å². The molecule has 1 heterocycles. The summed E-state index contributed by atoms with van der Waals surface area (Å²) in [7, 11) is 1.28. The fourth-order valence-corrected chi connectivity index (χ4v) is 2.14. The largest absolute Gasteiger partial charge is 0.513 e. The fraction of sp³-hybridized carbons (Fsp3) is 0.133. The number of methoxy groups -OCH3 is 1. The number of fused-ring (bicyclic) bond motifs is 3. The van der Waals surface area contributed by atoms with Gasteiger partial charge in [0.25, 0.3) is 0 Å². The Kier molecular flexibility index (Phi) is 2.83. The second-order valence-corrected chi connectivity index (χ2v) is 4.11. The first kappa shape index (κ1) is 11.6. The van der Waals surface area contributed by atoms with Crippen LogP contribution in [0, 0.1) is 0 Å². The van der Waals surface area contributed by atoms with Crippen molar-refractivity contribution < 1.29 is 19.0 Å². The summed E-state index contributed by atoms with van der Waals surface area (Å²) in [5, 5.41) is 1.74. The van der Waals surface area contributed by atoms with E-state index in [1.165, 1.54) is 7.11 Å². The maximum atomic E-state index is 11.3. The SMILES string of the molecule is COC(=O)Oc1cc2c(c3ccccc13)OCC=C2. The Morgan fingerprint density at radius 1 is 1.26 bits per heavy atom. The zero-order valence-corrected chi connectivity index (χ0v) is 10.4. The van der Waals surface area contributed by atoms with Crippen molar-refractivity contribution in [2.75, 3.05) is 13.7 Å². The van der Waals surface area contributed by atoms with E-state index in [1.54, 1.807) is 6.07 Å². The summed E-state index contributed by atoms with van der Waals surface area (Å²) in [6.45, 7) is 0.550. The second kappa shape index (κ2) is 4.65. The first-order valence-corrected chi connectivity index (χ1v) is 5.90. The van der Waals surface area contributed by atoms with E-state index in [2.05, 4.69) is 4.74 Å². The van der Waals surface area contributed by atoms with Gasteiger partial charge < -0.3 is 14.2 Å². The summed E-state index contributed by atoms with van der Waals surface area (Å²) in [6, 6.07) is 9.42. The topological polar surface area (TPSA) is 44.8 Å². The van der Waals surface area contributed by atoms with E-state index in [4.69, 9.17) is 9.47 Å². The Morgan fingerprint density at radius 2 is 2.05 bits per heavy atom. The maximum absolute atomic E-state index is 11.3. The molecule has 0 amide bonds. The van der Waals surface area contributed by atoms with Crippen molar-refractivity contribution in [2.45, 2.75) is 0 Å². The molecular weight excluding hydrogens is 244 g/mol. The smallest absolute Gasteiger partial charge is 0.488 e. The molecule has 0 aromatic heterocycles. The lowest BCUT2D eigenvalue weighted by Crippen LogP contribution is -2.09. The molecule has 4 heteroatoms. The van der Waals surface area contributed by atoms with E-state index in [9.17, 15) is 4.79 Å². The summed E-state index contributed by atoms with van der Waals surface area (Å²) in [5.74, 6) is 1.28. The van der Waals surface area contributed by atoms with E-state index in [0.717, 1.165) is 22.1 Å². The standard InChI is InChI=1S/C15H12O4/c1-17-15(16)19-13-9-10-5-4-8-18-14(10)12-7-3-2-6-11(12)13/h2-7,9H,8H2,1H3. The van der Waals surface area contributed by atoms with Crippen LogP contribution in [0.15, 0.2) is 36.4 Å². The molecule has 0 fully saturated rings. The maximum Gasteiger partial charge on any atom is 0.513 e. The molecule has 1 aliphatic rings. The van der Waals surface area contributed by atoms with E-state index in [0.29, 0.717) is 12.4 Å². The van der Waals surface area contributed by atoms with Crippen molar-refractivity contribution in [3.05, 3.63) is 42.0 Å². The number of ether oxygens (including phenoxy) is 3. The third-order valence-electron chi connectivity index (χ3n) is 2.97. The molecule has 3 rings (SSSR count). The molecule has 1 aliphatic heterocycles. The van der Waals surface area contributed by atoms with Gasteiger partial charge in [0.15, 0.2) is 0 Å². The van der Waals surface area contributed by atoms with Crippen molar-refractivity contribution in [1.82, 2.24) is 0 Å². The average molecular weight is 256 g/mol. The number of rotatable bonds is 1. The normalized spacial score (nSPS) is 12.7. The number of hydrogen-bond acceptors (Lipinski definition) is 4. The quantitative estimate of drug-likeness (QED) is 0.579. The van der Waals surface area contributed by atoms with Crippen LogP contribution in [-0.2, 0) is 4.74 Å². The molecule has 96 valence electrons. The van der Waals surface area contributed by atoms with Crippen LogP contribution in [0.25, 0.3) is 16.8 Å². The molecule has 2 aromatic rings. The van der Waals surface area contributed by atoms with Gasteiger partial charge in [0, 0.05) is 16.3 Å². The van der Waals surface area contributed by atoms with Crippen LogP contribution in [0.5, 0.6) is 11.5 Å². The van der Waals surface area contributed by atoms with E-state index >= 15 is 0 Å². The van der Waals surface area contributed by atoms with Gasteiger partial charge in [0.1, 0.15) is 18.1 Å². The van der Waals surface area contributed by atoms with Gasteiger partial charge >= 0.3 is 6.16 Å². The molecule has 0 aliphatic carbocycles. The monoisotopic (exact) mass is 256 g/mol. The lowest BCUT2D eigenvalue weighted by molar-refractivity contribution is 0.122. The highest BCUT2D eigenvalue weighted by atomic mass is 16.7. The van der Waals surface area contributed by atoms with Crippen molar-refractivity contribution in [3.8, 4) is 11.5 Å². The van der Waals surface area contributed by atoms with Crippen molar-refractivity contribution >= 4 is 23.0 Å². The number of benzene rings is 2. The third-order valence-corrected chi connectivity index (χ3v) is 2.97. The van der Waals surface area contributed by atoms with Gasteiger partial charge in [-0.2, -0.15) is 0 Å².